The molecule has 19 heavy (non-hydrogen) atoms. The van der Waals surface area contributed by atoms with Gasteiger partial charge in [-0.25, -0.2) is 0 Å². The maximum absolute atomic E-state index is 3.38. The predicted octanol–water partition coefficient (Wildman–Crippen LogP) is 2.63. The Balaban J connectivity index is 2.35. The first-order valence-corrected chi connectivity index (χ1v) is 8.12. The van der Waals surface area contributed by atoms with E-state index in [0.717, 1.165) is 26.2 Å². The smallest absolute Gasteiger partial charge is 0.0327 e. The van der Waals surface area contributed by atoms with Gasteiger partial charge in [0.15, 0.2) is 0 Å². The average Bonchev–Trinajstić information content (AvgIpc) is 2.82. The second-order valence-corrected chi connectivity index (χ2v) is 6.43. The van der Waals surface area contributed by atoms with Gasteiger partial charge in [0, 0.05) is 22.8 Å². The molecule has 4 heteroatoms. The summed E-state index contributed by atoms with van der Waals surface area (Å²) in [6, 6.07) is 4.54. The third-order valence-corrected chi connectivity index (χ3v) is 4.24. The molecular weight excluding hydrogens is 254 g/mol. The standard InChI is InChI=1S/C15H29N3S/c1-5-16-12-14-8-9-15(19-14)13-18(6-2)11-7-10-17(3)4/h8-9,16H,5-7,10-13H2,1-4H3. The van der Waals surface area contributed by atoms with Crippen molar-refractivity contribution >= 4 is 11.3 Å². The molecule has 0 aliphatic rings. The van der Waals surface area contributed by atoms with Crippen LogP contribution < -0.4 is 5.32 Å². The Morgan fingerprint density at radius 3 is 2.47 bits per heavy atom. The van der Waals surface area contributed by atoms with Crippen LogP contribution in [0.2, 0.25) is 0 Å². The lowest BCUT2D eigenvalue weighted by Crippen LogP contribution is -2.26. The van der Waals surface area contributed by atoms with Gasteiger partial charge in [-0.05, 0) is 58.8 Å². The predicted molar refractivity (Wildman–Crippen MR) is 85.8 cm³/mol. The molecule has 0 saturated carbocycles. The molecule has 0 saturated heterocycles. The molecule has 0 atom stereocenters. The van der Waals surface area contributed by atoms with Gasteiger partial charge >= 0.3 is 0 Å². The van der Waals surface area contributed by atoms with Gasteiger partial charge in [-0.3, -0.25) is 4.90 Å². The Morgan fingerprint density at radius 2 is 1.84 bits per heavy atom. The van der Waals surface area contributed by atoms with Crippen molar-refractivity contribution in [2.75, 3.05) is 40.3 Å². The second-order valence-electron chi connectivity index (χ2n) is 5.17. The lowest BCUT2D eigenvalue weighted by molar-refractivity contribution is 0.261. The highest BCUT2D eigenvalue weighted by Gasteiger charge is 2.06. The molecule has 1 aromatic heterocycles. The largest absolute Gasteiger partial charge is 0.312 e. The monoisotopic (exact) mass is 283 g/mol. The summed E-state index contributed by atoms with van der Waals surface area (Å²) in [6.45, 7) is 11.0. The maximum atomic E-state index is 3.38. The molecule has 0 fully saturated rings. The summed E-state index contributed by atoms with van der Waals surface area (Å²) in [5, 5.41) is 3.38. The number of rotatable bonds is 10. The van der Waals surface area contributed by atoms with Crippen molar-refractivity contribution in [1.29, 1.82) is 0 Å². The lowest BCUT2D eigenvalue weighted by Gasteiger charge is -2.20. The SMILES string of the molecule is CCNCc1ccc(CN(CC)CCCN(C)C)s1. The van der Waals surface area contributed by atoms with Crippen molar-refractivity contribution in [2.45, 2.75) is 33.4 Å². The third kappa shape index (κ3) is 7.06. The molecule has 0 spiro atoms. The molecular formula is C15H29N3S. The van der Waals surface area contributed by atoms with Gasteiger partial charge < -0.3 is 10.2 Å². The highest BCUT2D eigenvalue weighted by atomic mass is 32.1. The van der Waals surface area contributed by atoms with Crippen LogP contribution in [0, 0.1) is 0 Å². The minimum absolute atomic E-state index is 1.01. The highest BCUT2D eigenvalue weighted by Crippen LogP contribution is 2.18. The minimum Gasteiger partial charge on any atom is -0.312 e. The molecule has 1 aromatic rings. The maximum Gasteiger partial charge on any atom is 0.0327 e. The zero-order chi connectivity index (χ0) is 14.1. The van der Waals surface area contributed by atoms with E-state index in [1.807, 2.05) is 11.3 Å². The molecule has 0 radical (unpaired) electrons. The topological polar surface area (TPSA) is 18.5 Å². The van der Waals surface area contributed by atoms with Crippen molar-refractivity contribution in [3.63, 3.8) is 0 Å². The fraction of sp³-hybridized carbons (Fsp3) is 0.733. The first-order chi connectivity index (χ1) is 9.15. The molecule has 1 N–H and O–H groups in total. The number of nitrogens with zero attached hydrogens (tertiary/aromatic N) is 2. The van der Waals surface area contributed by atoms with Gasteiger partial charge in [-0.2, -0.15) is 0 Å². The van der Waals surface area contributed by atoms with Gasteiger partial charge in [0.2, 0.25) is 0 Å². The van der Waals surface area contributed by atoms with E-state index in [1.54, 1.807) is 0 Å². The quantitative estimate of drug-likeness (QED) is 0.712. The molecule has 1 rings (SSSR count). The Labute approximate surface area is 122 Å². The zero-order valence-corrected chi connectivity index (χ0v) is 13.7. The van der Waals surface area contributed by atoms with Gasteiger partial charge in [0.25, 0.3) is 0 Å². The molecule has 0 unspecified atom stereocenters. The van der Waals surface area contributed by atoms with Crippen molar-refractivity contribution in [3.8, 4) is 0 Å². The zero-order valence-electron chi connectivity index (χ0n) is 12.9. The van der Waals surface area contributed by atoms with E-state index in [9.17, 15) is 0 Å². The second kappa shape index (κ2) is 9.48. The van der Waals surface area contributed by atoms with Crippen LogP contribution in [0.4, 0.5) is 0 Å². The summed E-state index contributed by atoms with van der Waals surface area (Å²) in [4.78, 5) is 7.72. The first-order valence-electron chi connectivity index (χ1n) is 7.31. The summed E-state index contributed by atoms with van der Waals surface area (Å²) >= 11 is 1.94. The van der Waals surface area contributed by atoms with Crippen molar-refractivity contribution in [1.82, 2.24) is 15.1 Å². The number of hydrogen-bond donors (Lipinski definition) is 1. The normalized spacial score (nSPS) is 11.7. The van der Waals surface area contributed by atoms with Crippen LogP contribution in [0.15, 0.2) is 12.1 Å². The van der Waals surface area contributed by atoms with Crippen LogP contribution in [-0.2, 0) is 13.1 Å². The summed E-state index contributed by atoms with van der Waals surface area (Å²) in [5.74, 6) is 0. The summed E-state index contributed by atoms with van der Waals surface area (Å²) in [7, 11) is 4.28. The van der Waals surface area contributed by atoms with Gasteiger partial charge in [0.1, 0.15) is 0 Å². The Bertz CT molecular complexity index is 336. The van der Waals surface area contributed by atoms with Gasteiger partial charge in [0.05, 0.1) is 0 Å². The Hall–Kier alpha value is -0.420. The molecule has 0 aromatic carbocycles. The van der Waals surface area contributed by atoms with E-state index < -0.39 is 0 Å². The van der Waals surface area contributed by atoms with Crippen LogP contribution in [0.3, 0.4) is 0 Å². The molecule has 110 valence electrons. The fourth-order valence-electron chi connectivity index (χ4n) is 2.03. The van der Waals surface area contributed by atoms with E-state index in [0.29, 0.717) is 0 Å². The summed E-state index contributed by atoms with van der Waals surface area (Å²) < 4.78 is 0. The fourth-order valence-corrected chi connectivity index (χ4v) is 3.06. The Morgan fingerprint density at radius 1 is 1.11 bits per heavy atom. The van der Waals surface area contributed by atoms with Crippen molar-refractivity contribution < 1.29 is 0 Å². The van der Waals surface area contributed by atoms with E-state index in [2.05, 4.69) is 55.2 Å². The molecule has 0 bridgehead atoms. The molecule has 0 aliphatic carbocycles. The number of hydrogen-bond acceptors (Lipinski definition) is 4. The van der Waals surface area contributed by atoms with Crippen molar-refractivity contribution in [3.05, 3.63) is 21.9 Å². The van der Waals surface area contributed by atoms with Crippen LogP contribution in [0.5, 0.6) is 0 Å². The van der Waals surface area contributed by atoms with Crippen LogP contribution in [0.1, 0.15) is 30.0 Å². The summed E-state index contributed by atoms with van der Waals surface area (Å²) in [5.41, 5.74) is 0. The molecule has 0 aliphatic heterocycles. The molecule has 3 nitrogen and oxygen atoms in total. The third-order valence-electron chi connectivity index (χ3n) is 3.17. The van der Waals surface area contributed by atoms with Gasteiger partial charge in [-0.1, -0.05) is 13.8 Å². The first kappa shape index (κ1) is 16.6. The average molecular weight is 283 g/mol. The number of nitrogens with one attached hydrogen (secondary N) is 1. The van der Waals surface area contributed by atoms with E-state index in [4.69, 9.17) is 0 Å². The minimum atomic E-state index is 1.01. The van der Waals surface area contributed by atoms with E-state index in [1.165, 1.54) is 29.3 Å². The lowest BCUT2D eigenvalue weighted by atomic mass is 10.3. The van der Waals surface area contributed by atoms with Crippen LogP contribution in [-0.4, -0.2) is 50.1 Å². The van der Waals surface area contributed by atoms with E-state index >= 15 is 0 Å². The summed E-state index contributed by atoms with van der Waals surface area (Å²) in [6.07, 6.45) is 1.25. The van der Waals surface area contributed by atoms with Gasteiger partial charge in [-0.15, -0.1) is 11.3 Å². The van der Waals surface area contributed by atoms with Crippen LogP contribution >= 0.6 is 11.3 Å². The van der Waals surface area contributed by atoms with Crippen molar-refractivity contribution in [2.24, 2.45) is 0 Å². The van der Waals surface area contributed by atoms with Crippen LogP contribution in [0.25, 0.3) is 0 Å². The Kier molecular flexibility index (Phi) is 8.30. The van der Waals surface area contributed by atoms with E-state index in [-0.39, 0.29) is 0 Å². The molecule has 1 heterocycles. The highest BCUT2D eigenvalue weighted by molar-refractivity contribution is 7.11. The number of thiophene rings is 1. The molecule has 0 amide bonds.